The van der Waals surface area contributed by atoms with E-state index in [-0.39, 0.29) is 5.41 Å². The minimum absolute atomic E-state index is 0.0762. The van der Waals surface area contributed by atoms with E-state index in [9.17, 15) is 19.8 Å². The minimum Gasteiger partial charge on any atom is -0.545 e. The molecule has 5 heteroatoms. The zero-order valence-corrected chi connectivity index (χ0v) is 15.9. The van der Waals surface area contributed by atoms with Gasteiger partial charge in [0, 0.05) is 5.41 Å². The molecule has 2 aromatic carbocycles. The second-order valence-corrected chi connectivity index (χ2v) is 6.59. The van der Waals surface area contributed by atoms with Gasteiger partial charge in [-0.25, -0.2) is 0 Å². The van der Waals surface area contributed by atoms with Crippen LogP contribution in [0.3, 0.4) is 0 Å². The summed E-state index contributed by atoms with van der Waals surface area (Å²) >= 11 is 0. The standard InChI is InChI=1S/C18H23N.C4H4O4/c1-18(14-15-19(2)3,16-10-6-4-7-11-16)17-12-8-5-9-13-17;5-3(6)1-2-4(7)8/h4-13H,14-15H2,1-3H3;1-2H,(H,5,6)(H,7,8)/p-2/b;2-1-. The molecule has 0 aromatic heterocycles. The lowest BCUT2D eigenvalue weighted by molar-refractivity contribution is -0.301. The summed E-state index contributed by atoms with van der Waals surface area (Å²) in [5.74, 6) is -3.09. The molecule has 0 unspecified atom stereocenters. The fourth-order valence-corrected chi connectivity index (χ4v) is 2.65. The lowest BCUT2D eigenvalue weighted by atomic mass is 9.74. The van der Waals surface area contributed by atoms with Gasteiger partial charge < -0.3 is 24.7 Å². The number of carbonyl (C=O) groups is 2. The number of benzene rings is 2. The first kappa shape index (κ1) is 22.1. The molecule has 0 saturated carbocycles. The predicted octanol–water partition coefficient (Wildman–Crippen LogP) is 0.987. The van der Waals surface area contributed by atoms with Crippen LogP contribution in [0.1, 0.15) is 24.5 Å². The van der Waals surface area contributed by atoms with Crippen molar-refractivity contribution in [2.45, 2.75) is 18.8 Å². The molecule has 0 radical (unpaired) electrons. The van der Waals surface area contributed by atoms with Gasteiger partial charge in [-0.1, -0.05) is 67.6 Å². The topological polar surface area (TPSA) is 83.5 Å². The average molecular weight is 367 g/mol. The molecule has 0 bridgehead atoms. The number of carboxylic acids is 2. The maximum absolute atomic E-state index is 9.41. The molecule has 144 valence electrons. The highest BCUT2D eigenvalue weighted by atomic mass is 16.4. The van der Waals surface area contributed by atoms with Crippen molar-refractivity contribution in [1.29, 1.82) is 0 Å². The molecular formula is C22H25NO4-2. The maximum Gasteiger partial charge on any atom is 0.0643 e. The number of carbonyl (C=O) groups excluding carboxylic acids is 2. The van der Waals surface area contributed by atoms with Crippen LogP contribution in [0, 0.1) is 0 Å². The Hall–Kier alpha value is -2.92. The third kappa shape index (κ3) is 7.88. The van der Waals surface area contributed by atoms with Gasteiger partial charge in [0.1, 0.15) is 0 Å². The van der Waals surface area contributed by atoms with Gasteiger partial charge in [0.15, 0.2) is 0 Å². The summed E-state index contributed by atoms with van der Waals surface area (Å²) in [6.45, 7) is 3.43. The van der Waals surface area contributed by atoms with Crippen molar-refractivity contribution in [2.24, 2.45) is 0 Å². The second kappa shape index (κ2) is 10.9. The molecule has 0 aliphatic rings. The van der Waals surface area contributed by atoms with Crippen molar-refractivity contribution in [3.8, 4) is 0 Å². The Bertz CT molecular complexity index is 684. The molecule has 0 aliphatic heterocycles. The molecule has 0 amide bonds. The molecule has 0 fully saturated rings. The smallest absolute Gasteiger partial charge is 0.0643 e. The van der Waals surface area contributed by atoms with Gasteiger partial charge >= 0.3 is 0 Å². The summed E-state index contributed by atoms with van der Waals surface area (Å²) in [4.78, 5) is 21.1. The van der Waals surface area contributed by atoms with E-state index >= 15 is 0 Å². The van der Waals surface area contributed by atoms with E-state index in [2.05, 4.69) is 86.6 Å². The van der Waals surface area contributed by atoms with Crippen LogP contribution in [0.5, 0.6) is 0 Å². The second-order valence-electron chi connectivity index (χ2n) is 6.59. The van der Waals surface area contributed by atoms with Gasteiger partial charge in [-0.3, -0.25) is 0 Å². The van der Waals surface area contributed by atoms with Gasteiger partial charge in [-0.15, -0.1) is 0 Å². The number of nitrogens with zero attached hydrogens (tertiary/aromatic N) is 1. The summed E-state index contributed by atoms with van der Waals surface area (Å²) < 4.78 is 0. The van der Waals surface area contributed by atoms with Crippen LogP contribution >= 0.6 is 0 Å². The zero-order valence-electron chi connectivity index (χ0n) is 15.9. The monoisotopic (exact) mass is 367 g/mol. The van der Waals surface area contributed by atoms with Crippen LogP contribution in [0.15, 0.2) is 72.8 Å². The van der Waals surface area contributed by atoms with Crippen LogP contribution in [0.2, 0.25) is 0 Å². The van der Waals surface area contributed by atoms with E-state index in [1.807, 2.05) is 0 Å². The highest BCUT2D eigenvalue weighted by Crippen LogP contribution is 2.35. The summed E-state index contributed by atoms with van der Waals surface area (Å²) in [5.41, 5.74) is 2.86. The molecule has 0 atom stereocenters. The number of rotatable bonds is 7. The molecule has 2 aromatic rings. The summed E-state index contributed by atoms with van der Waals surface area (Å²) in [5, 5.41) is 18.8. The Labute approximate surface area is 160 Å². The number of aliphatic carboxylic acids is 2. The quantitative estimate of drug-likeness (QED) is 0.682. The van der Waals surface area contributed by atoms with E-state index in [1.54, 1.807) is 0 Å². The van der Waals surface area contributed by atoms with Crippen LogP contribution in [0.4, 0.5) is 0 Å². The summed E-state index contributed by atoms with van der Waals surface area (Å²) in [6, 6.07) is 21.6. The fourth-order valence-electron chi connectivity index (χ4n) is 2.65. The van der Waals surface area contributed by atoms with Crippen molar-refractivity contribution in [3.05, 3.63) is 83.9 Å². The van der Waals surface area contributed by atoms with E-state index < -0.39 is 11.9 Å². The van der Waals surface area contributed by atoms with E-state index in [1.165, 1.54) is 11.1 Å². The Morgan fingerprint density at radius 3 is 1.52 bits per heavy atom. The first-order valence-corrected chi connectivity index (χ1v) is 8.61. The number of hydrogen-bond acceptors (Lipinski definition) is 5. The molecular weight excluding hydrogens is 342 g/mol. The van der Waals surface area contributed by atoms with Crippen LogP contribution < -0.4 is 10.2 Å². The molecule has 2 rings (SSSR count). The molecule has 5 nitrogen and oxygen atoms in total. The molecule has 0 saturated heterocycles. The van der Waals surface area contributed by atoms with Crippen molar-refractivity contribution in [2.75, 3.05) is 20.6 Å². The van der Waals surface area contributed by atoms with Crippen LogP contribution in [0.25, 0.3) is 0 Å². The van der Waals surface area contributed by atoms with Crippen LogP contribution in [-0.4, -0.2) is 37.5 Å². The first-order valence-electron chi connectivity index (χ1n) is 8.61. The molecule has 0 heterocycles. The van der Waals surface area contributed by atoms with E-state index in [0.29, 0.717) is 12.2 Å². The highest BCUT2D eigenvalue weighted by molar-refractivity contribution is 5.87. The number of hydrogen-bond donors (Lipinski definition) is 0. The lowest BCUT2D eigenvalue weighted by Crippen LogP contribution is -2.29. The van der Waals surface area contributed by atoms with Gasteiger partial charge in [-0.05, 0) is 50.3 Å². The third-order valence-corrected chi connectivity index (χ3v) is 4.24. The largest absolute Gasteiger partial charge is 0.545 e. The predicted molar refractivity (Wildman–Crippen MR) is 102 cm³/mol. The van der Waals surface area contributed by atoms with Crippen molar-refractivity contribution >= 4 is 11.9 Å². The van der Waals surface area contributed by atoms with Gasteiger partial charge in [0.2, 0.25) is 0 Å². The van der Waals surface area contributed by atoms with Gasteiger partial charge in [0.05, 0.1) is 11.9 Å². The fraction of sp³-hybridized carbons (Fsp3) is 0.273. The molecule has 0 spiro atoms. The molecule has 27 heavy (non-hydrogen) atoms. The Morgan fingerprint density at radius 1 is 0.852 bits per heavy atom. The Balaban J connectivity index is 0.000000387. The van der Waals surface area contributed by atoms with E-state index in [4.69, 9.17) is 0 Å². The SMILES string of the molecule is CN(C)CCC(C)(c1ccccc1)c1ccccc1.O=C([O-])/C=C\C(=O)[O-]. The first-order chi connectivity index (χ1) is 12.8. The highest BCUT2D eigenvalue weighted by Gasteiger charge is 2.28. The summed E-state index contributed by atoms with van der Waals surface area (Å²) in [6.07, 6.45) is 1.89. The lowest BCUT2D eigenvalue weighted by Gasteiger charge is -2.32. The Morgan fingerprint density at radius 2 is 1.22 bits per heavy atom. The third-order valence-electron chi connectivity index (χ3n) is 4.24. The van der Waals surface area contributed by atoms with Crippen molar-refractivity contribution < 1.29 is 19.8 Å². The average Bonchev–Trinajstić information content (AvgIpc) is 2.66. The summed E-state index contributed by atoms with van der Waals surface area (Å²) in [7, 11) is 4.27. The van der Waals surface area contributed by atoms with Gasteiger partial charge in [-0.2, -0.15) is 0 Å². The normalized spacial score (nSPS) is 11.1. The van der Waals surface area contributed by atoms with E-state index in [0.717, 1.165) is 13.0 Å². The Kier molecular flexibility index (Phi) is 8.96. The zero-order chi connectivity index (χ0) is 20.3. The maximum atomic E-state index is 9.41. The number of carboxylic acid groups (broad SMARTS) is 2. The van der Waals surface area contributed by atoms with Gasteiger partial charge in [0.25, 0.3) is 0 Å². The van der Waals surface area contributed by atoms with Crippen LogP contribution in [-0.2, 0) is 15.0 Å². The minimum atomic E-state index is -1.55. The van der Waals surface area contributed by atoms with Crippen molar-refractivity contribution in [3.63, 3.8) is 0 Å². The molecule has 0 aliphatic carbocycles. The molecule has 0 N–H and O–H groups in total. The van der Waals surface area contributed by atoms with Crippen molar-refractivity contribution in [1.82, 2.24) is 4.90 Å².